The molecule has 0 fully saturated rings. The van der Waals surface area contributed by atoms with Crippen LogP contribution in [0.2, 0.25) is 0 Å². The molecule has 3 N–H and O–H groups in total. The highest BCUT2D eigenvalue weighted by atomic mass is 32.2. The van der Waals surface area contributed by atoms with E-state index in [0.717, 1.165) is 0 Å². The molecule has 0 aromatic heterocycles. The molecule has 148 valence electrons. The van der Waals surface area contributed by atoms with Gasteiger partial charge in [-0.1, -0.05) is 12.1 Å². The Morgan fingerprint density at radius 3 is 2.64 bits per heavy atom. The first-order valence-electron chi connectivity index (χ1n) is 8.38. The number of ether oxygens (including phenoxy) is 2. The summed E-state index contributed by atoms with van der Waals surface area (Å²) < 4.78 is 35.2. The van der Waals surface area contributed by atoms with Crippen molar-refractivity contribution >= 4 is 27.5 Å². The molecule has 0 radical (unpaired) electrons. The number of carbonyl (C=O) groups excluding carboxylic acids is 2. The monoisotopic (exact) mass is 405 g/mol. The molecule has 0 bridgehead atoms. The van der Waals surface area contributed by atoms with E-state index in [0.29, 0.717) is 35.6 Å². The molecule has 28 heavy (non-hydrogen) atoms. The fraction of sp³-hybridized carbons (Fsp3) is 0.222. The van der Waals surface area contributed by atoms with E-state index >= 15 is 0 Å². The van der Waals surface area contributed by atoms with Crippen LogP contribution < -0.4 is 25.0 Å². The predicted octanol–water partition coefficient (Wildman–Crippen LogP) is 0.968. The lowest BCUT2D eigenvalue weighted by Gasteiger charge is -2.17. The van der Waals surface area contributed by atoms with Crippen LogP contribution in [0.5, 0.6) is 11.5 Å². The summed E-state index contributed by atoms with van der Waals surface area (Å²) >= 11 is 0. The number of hydrazine groups is 1. The standard InChI is InChI=1S/C18H19N3O6S/c1-26-15-4-2-3-5-16(15)27-11-18(23)20-21-28(24,25)13-7-8-14-12(10-13)6-9-17(22)19-14/h2-5,7-8,10,21H,6,9,11H2,1H3,(H,19,22)(H,20,23). The van der Waals surface area contributed by atoms with E-state index < -0.39 is 22.5 Å². The third-order valence-corrected chi connectivity index (χ3v) is 5.28. The molecule has 0 saturated heterocycles. The lowest BCUT2D eigenvalue weighted by Crippen LogP contribution is -2.43. The molecule has 1 aliphatic rings. The quantitative estimate of drug-likeness (QED) is 0.590. The van der Waals surface area contributed by atoms with Gasteiger partial charge in [0.05, 0.1) is 12.0 Å². The normalized spacial score (nSPS) is 13.2. The largest absolute Gasteiger partial charge is 0.493 e. The minimum absolute atomic E-state index is 0.0201. The van der Waals surface area contributed by atoms with Crippen LogP contribution in [0, 0.1) is 0 Å². The Labute approximate surface area is 162 Å². The van der Waals surface area contributed by atoms with Gasteiger partial charge in [0.15, 0.2) is 18.1 Å². The lowest BCUT2D eigenvalue weighted by molar-refractivity contribution is -0.123. The van der Waals surface area contributed by atoms with E-state index in [1.165, 1.54) is 25.3 Å². The van der Waals surface area contributed by atoms with Gasteiger partial charge in [-0.2, -0.15) is 0 Å². The maximum absolute atomic E-state index is 12.4. The molecular formula is C18H19N3O6S. The highest BCUT2D eigenvalue weighted by Crippen LogP contribution is 2.26. The molecule has 10 heteroatoms. The number of rotatable bonds is 7. The SMILES string of the molecule is COc1ccccc1OCC(=O)NNS(=O)(=O)c1ccc2c(c1)CCC(=O)N2. The Bertz CT molecular complexity index is 1010. The second-order valence-electron chi connectivity index (χ2n) is 5.96. The molecule has 0 aliphatic carbocycles. The Morgan fingerprint density at radius 1 is 1.14 bits per heavy atom. The van der Waals surface area contributed by atoms with Crippen LogP contribution in [-0.2, 0) is 26.0 Å². The third-order valence-electron chi connectivity index (χ3n) is 4.04. The molecule has 2 aromatic carbocycles. The van der Waals surface area contributed by atoms with E-state index in [4.69, 9.17) is 9.47 Å². The van der Waals surface area contributed by atoms with Gasteiger partial charge in [-0.15, -0.1) is 4.83 Å². The van der Waals surface area contributed by atoms with Gasteiger partial charge in [-0.25, -0.2) is 8.42 Å². The number of benzene rings is 2. The summed E-state index contributed by atoms with van der Waals surface area (Å²) in [6.07, 6.45) is 0.741. The second-order valence-corrected chi connectivity index (χ2v) is 7.64. The Kier molecular flexibility index (Phi) is 5.81. The van der Waals surface area contributed by atoms with Gasteiger partial charge in [-0.05, 0) is 42.3 Å². The summed E-state index contributed by atoms with van der Waals surface area (Å²) in [6, 6.07) is 11.1. The number of hydrogen-bond donors (Lipinski definition) is 3. The van der Waals surface area contributed by atoms with Crippen molar-refractivity contribution in [3.05, 3.63) is 48.0 Å². The van der Waals surface area contributed by atoms with Crippen molar-refractivity contribution in [1.29, 1.82) is 0 Å². The number of fused-ring (bicyclic) bond motifs is 1. The Hall–Kier alpha value is -3.11. The highest BCUT2D eigenvalue weighted by molar-refractivity contribution is 7.89. The second kappa shape index (κ2) is 8.28. The molecule has 0 atom stereocenters. The predicted molar refractivity (Wildman–Crippen MR) is 100 cm³/mol. The number of methoxy groups -OCH3 is 1. The van der Waals surface area contributed by atoms with Crippen LogP contribution >= 0.6 is 0 Å². The first-order valence-corrected chi connectivity index (χ1v) is 9.86. The van der Waals surface area contributed by atoms with Gasteiger partial charge in [0.1, 0.15) is 0 Å². The van der Waals surface area contributed by atoms with Crippen molar-refractivity contribution < 1.29 is 27.5 Å². The van der Waals surface area contributed by atoms with E-state index in [2.05, 4.69) is 10.7 Å². The molecule has 3 rings (SSSR count). The smallest absolute Gasteiger partial charge is 0.272 e. The fourth-order valence-corrected chi connectivity index (χ4v) is 3.54. The Morgan fingerprint density at radius 2 is 1.89 bits per heavy atom. The molecule has 1 aliphatic heterocycles. The number of hydrogen-bond acceptors (Lipinski definition) is 6. The van der Waals surface area contributed by atoms with Gasteiger partial charge in [0.2, 0.25) is 5.91 Å². The number of carbonyl (C=O) groups is 2. The number of para-hydroxylation sites is 2. The van der Waals surface area contributed by atoms with E-state index in [1.807, 2.05) is 4.83 Å². The first-order chi connectivity index (χ1) is 13.4. The maximum atomic E-state index is 12.4. The van der Waals surface area contributed by atoms with Crippen LogP contribution in [-0.4, -0.2) is 33.9 Å². The van der Waals surface area contributed by atoms with Gasteiger partial charge in [0, 0.05) is 12.1 Å². The number of sulfonamides is 1. The molecule has 9 nitrogen and oxygen atoms in total. The summed E-state index contributed by atoms with van der Waals surface area (Å²) in [5.41, 5.74) is 3.41. The van der Waals surface area contributed by atoms with Crippen molar-refractivity contribution in [2.45, 2.75) is 17.7 Å². The van der Waals surface area contributed by atoms with E-state index in [9.17, 15) is 18.0 Å². The van der Waals surface area contributed by atoms with Gasteiger partial charge in [-0.3, -0.25) is 15.0 Å². The van der Waals surface area contributed by atoms with Gasteiger partial charge in [0.25, 0.3) is 15.9 Å². The minimum Gasteiger partial charge on any atom is -0.493 e. The summed E-state index contributed by atoms with van der Waals surface area (Å²) in [5, 5.41) is 2.68. The first kappa shape index (κ1) is 19.6. The zero-order valence-corrected chi connectivity index (χ0v) is 15.8. The van der Waals surface area contributed by atoms with E-state index in [1.54, 1.807) is 24.3 Å². The highest BCUT2D eigenvalue weighted by Gasteiger charge is 2.20. The van der Waals surface area contributed by atoms with Crippen molar-refractivity contribution in [2.24, 2.45) is 0 Å². The van der Waals surface area contributed by atoms with Crippen molar-refractivity contribution in [2.75, 3.05) is 19.0 Å². The topological polar surface area (TPSA) is 123 Å². The van der Waals surface area contributed by atoms with E-state index in [-0.39, 0.29) is 10.8 Å². The maximum Gasteiger partial charge on any atom is 0.272 e. The van der Waals surface area contributed by atoms with Crippen LogP contribution in [0.1, 0.15) is 12.0 Å². The average Bonchev–Trinajstić information content (AvgIpc) is 2.70. The van der Waals surface area contributed by atoms with Crippen LogP contribution in [0.4, 0.5) is 5.69 Å². The van der Waals surface area contributed by atoms with Crippen molar-refractivity contribution in [3.63, 3.8) is 0 Å². The molecule has 1 heterocycles. The van der Waals surface area contributed by atoms with Crippen LogP contribution in [0.15, 0.2) is 47.4 Å². The zero-order chi connectivity index (χ0) is 20.1. The van der Waals surface area contributed by atoms with Crippen LogP contribution in [0.25, 0.3) is 0 Å². The lowest BCUT2D eigenvalue weighted by atomic mass is 10.0. The number of anilines is 1. The summed E-state index contributed by atoms with van der Waals surface area (Å²) in [7, 11) is -2.50. The molecule has 2 aromatic rings. The van der Waals surface area contributed by atoms with Crippen LogP contribution in [0.3, 0.4) is 0 Å². The van der Waals surface area contributed by atoms with Crippen molar-refractivity contribution in [1.82, 2.24) is 10.3 Å². The average molecular weight is 405 g/mol. The zero-order valence-electron chi connectivity index (χ0n) is 15.0. The van der Waals surface area contributed by atoms with Gasteiger partial charge < -0.3 is 14.8 Å². The molecule has 0 unspecified atom stereocenters. The van der Waals surface area contributed by atoms with Crippen molar-refractivity contribution in [3.8, 4) is 11.5 Å². The number of nitrogens with one attached hydrogen (secondary N) is 3. The van der Waals surface area contributed by atoms with Gasteiger partial charge >= 0.3 is 0 Å². The number of amides is 2. The third kappa shape index (κ3) is 4.59. The molecular weight excluding hydrogens is 386 g/mol. The minimum atomic E-state index is -3.97. The molecule has 0 saturated carbocycles. The number of aryl methyl sites for hydroxylation is 1. The summed E-state index contributed by atoms with van der Waals surface area (Å²) in [4.78, 5) is 25.3. The molecule has 0 spiro atoms. The Balaban J connectivity index is 1.59. The molecule has 2 amide bonds. The fourth-order valence-electron chi connectivity index (χ4n) is 2.63. The summed E-state index contributed by atoms with van der Waals surface area (Å²) in [6.45, 7) is -0.404. The summed E-state index contributed by atoms with van der Waals surface area (Å²) in [5.74, 6) is 0.0278.